The summed E-state index contributed by atoms with van der Waals surface area (Å²) in [6.45, 7) is 1.78. The first kappa shape index (κ1) is 17.8. The zero-order valence-corrected chi connectivity index (χ0v) is 15.3. The minimum Gasteiger partial charge on any atom is -0.733 e. The lowest BCUT2D eigenvalue weighted by Crippen LogP contribution is -2.53. The molecule has 3 heterocycles. The molecule has 9 heteroatoms. The number of fused-ring (bicyclic) bond motifs is 4. The van der Waals surface area contributed by atoms with Crippen LogP contribution in [0.15, 0.2) is 48.5 Å². The first-order valence-electron chi connectivity index (χ1n) is 9.19. The number of benzene rings is 2. The van der Waals surface area contributed by atoms with Gasteiger partial charge in [0.1, 0.15) is 5.54 Å². The van der Waals surface area contributed by atoms with Crippen molar-refractivity contribution < 1.29 is 19.6 Å². The molecule has 5 rings (SSSR count). The highest BCUT2D eigenvalue weighted by molar-refractivity contribution is 6.25. The molecule has 2 aromatic rings. The molecular formula is C20H17N4O5-. The Labute approximate surface area is 165 Å². The minimum atomic E-state index is -1.33. The first-order valence-corrected chi connectivity index (χ1v) is 9.19. The van der Waals surface area contributed by atoms with Crippen molar-refractivity contribution in [3.63, 3.8) is 0 Å². The maximum absolute atomic E-state index is 13.5. The Morgan fingerprint density at radius 2 is 1.86 bits per heavy atom. The van der Waals surface area contributed by atoms with Gasteiger partial charge in [-0.1, -0.05) is 24.3 Å². The molecule has 0 saturated carbocycles. The molecule has 0 radical (unpaired) electrons. The fraction of sp³-hybridized carbons (Fsp3) is 0.250. The summed E-state index contributed by atoms with van der Waals surface area (Å²) in [7, 11) is 0. The van der Waals surface area contributed by atoms with Crippen LogP contribution in [0.3, 0.4) is 0 Å². The molecule has 3 N–H and O–H groups in total. The van der Waals surface area contributed by atoms with Gasteiger partial charge in [0.2, 0.25) is 17.7 Å². The molecule has 2 fully saturated rings. The van der Waals surface area contributed by atoms with Gasteiger partial charge in [0.05, 0.1) is 23.2 Å². The largest absolute Gasteiger partial charge is 0.733 e. The van der Waals surface area contributed by atoms with Gasteiger partial charge in [-0.2, -0.15) is 0 Å². The van der Waals surface area contributed by atoms with Crippen molar-refractivity contribution in [2.45, 2.75) is 18.5 Å². The summed E-state index contributed by atoms with van der Waals surface area (Å²) in [6.07, 6.45) is 0. The molecule has 3 aliphatic rings. The van der Waals surface area contributed by atoms with Crippen molar-refractivity contribution in [2.75, 3.05) is 15.4 Å². The standard InChI is InChI=1S/C20H17N4O5/c1-10-15-16(20(22-10)13-7-2-3-8-14(13)21-19(20)27)18(26)23(17(15)25)11-5-4-6-12(9-11)24(28)29/h2-10,15-16,22,28H,1H3,(H,21,27)/q-1/t10-,15+,16+,20-/m1/s1. The Morgan fingerprint density at radius 1 is 1.10 bits per heavy atom. The van der Waals surface area contributed by atoms with Crippen LogP contribution in [0.2, 0.25) is 0 Å². The normalized spacial score (nSPS) is 30.0. The summed E-state index contributed by atoms with van der Waals surface area (Å²) in [5.74, 6) is -2.98. The van der Waals surface area contributed by atoms with Crippen molar-refractivity contribution in [3.05, 3.63) is 59.3 Å². The molecule has 0 unspecified atom stereocenters. The number of hydrogen-bond acceptors (Lipinski definition) is 7. The highest BCUT2D eigenvalue weighted by Gasteiger charge is 2.69. The van der Waals surface area contributed by atoms with Gasteiger partial charge in [-0.15, -0.1) is 0 Å². The third-order valence-corrected chi connectivity index (χ3v) is 6.08. The Hall–Kier alpha value is -3.27. The number of carbonyl (C=O) groups excluding carboxylic acids is 3. The van der Waals surface area contributed by atoms with Crippen molar-refractivity contribution in [2.24, 2.45) is 11.8 Å². The van der Waals surface area contributed by atoms with Crippen LogP contribution in [0.1, 0.15) is 12.5 Å². The van der Waals surface area contributed by atoms with Gasteiger partial charge in [-0.25, -0.2) is 4.90 Å². The van der Waals surface area contributed by atoms with Crippen LogP contribution in [0.25, 0.3) is 0 Å². The molecule has 1 spiro atoms. The Balaban J connectivity index is 1.64. The van der Waals surface area contributed by atoms with Crippen LogP contribution in [-0.2, 0) is 19.9 Å². The number of nitrogens with zero attached hydrogens (tertiary/aromatic N) is 2. The average molecular weight is 393 g/mol. The summed E-state index contributed by atoms with van der Waals surface area (Å²) in [5.41, 5.74) is -0.00900. The molecule has 2 aromatic carbocycles. The minimum absolute atomic E-state index is 0.106. The van der Waals surface area contributed by atoms with Crippen LogP contribution < -0.4 is 20.8 Å². The maximum Gasteiger partial charge on any atom is 0.250 e. The summed E-state index contributed by atoms with van der Waals surface area (Å²) in [6, 6.07) is 12.3. The SMILES string of the molecule is C[C@H]1N[C@@]2(C(=O)Nc3ccccc32)[C@@H]2C(=O)N(c3cccc(N([O-])O)c3)C(=O)[C@H]21. The quantitative estimate of drug-likeness (QED) is 0.519. The Morgan fingerprint density at radius 3 is 2.62 bits per heavy atom. The zero-order valence-electron chi connectivity index (χ0n) is 15.3. The van der Waals surface area contributed by atoms with E-state index in [2.05, 4.69) is 10.6 Å². The summed E-state index contributed by atoms with van der Waals surface area (Å²) in [4.78, 5) is 40.8. The van der Waals surface area contributed by atoms with E-state index >= 15 is 0 Å². The van der Waals surface area contributed by atoms with E-state index in [0.29, 0.717) is 11.3 Å². The van der Waals surface area contributed by atoms with E-state index in [0.717, 1.165) is 4.90 Å². The molecule has 9 nitrogen and oxygen atoms in total. The van der Waals surface area contributed by atoms with E-state index in [1.807, 2.05) is 0 Å². The third-order valence-electron chi connectivity index (χ3n) is 6.08. The molecule has 2 saturated heterocycles. The summed E-state index contributed by atoms with van der Waals surface area (Å²) in [5, 5.41) is 26.1. The van der Waals surface area contributed by atoms with E-state index in [-0.39, 0.29) is 22.5 Å². The molecular weight excluding hydrogens is 376 g/mol. The molecule has 3 aliphatic heterocycles. The van der Waals surface area contributed by atoms with Gasteiger partial charge in [-0.05, 0) is 31.2 Å². The lowest BCUT2D eigenvalue weighted by molar-refractivity contribution is -0.130. The number of nitrogens with one attached hydrogen (secondary N) is 2. The van der Waals surface area contributed by atoms with Gasteiger partial charge in [0, 0.05) is 17.3 Å². The van der Waals surface area contributed by atoms with Crippen molar-refractivity contribution >= 4 is 34.8 Å². The summed E-state index contributed by atoms with van der Waals surface area (Å²) < 4.78 is 0. The number of rotatable bonds is 2. The number of para-hydroxylation sites is 1. The van der Waals surface area contributed by atoms with Crippen LogP contribution >= 0.6 is 0 Å². The fourth-order valence-corrected chi connectivity index (χ4v) is 4.93. The zero-order chi connectivity index (χ0) is 20.5. The number of amides is 3. The molecule has 148 valence electrons. The molecule has 0 aromatic heterocycles. The predicted molar refractivity (Wildman–Crippen MR) is 103 cm³/mol. The Kier molecular flexibility index (Phi) is 3.60. The predicted octanol–water partition coefficient (Wildman–Crippen LogP) is 1.32. The average Bonchev–Trinajstić information content (AvgIpc) is 3.26. The lowest BCUT2D eigenvalue weighted by atomic mass is 9.76. The van der Waals surface area contributed by atoms with Crippen LogP contribution in [0.4, 0.5) is 17.1 Å². The molecule has 3 amide bonds. The second-order valence-electron chi connectivity index (χ2n) is 7.55. The van der Waals surface area contributed by atoms with E-state index in [4.69, 9.17) is 5.21 Å². The van der Waals surface area contributed by atoms with Gasteiger partial charge in [0.25, 0.3) is 0 Å². The van der Waals surface area contributed by atoms with Gasteiger partial charge < -0.3 is 15.8 Å². The summed E-state index contributed by atoms with van der Waals surface area (Å²) >= 11 is 0. The molecule has 4 atom stereocenters. The van der Waals surface area contributed by atoms with Crippen LogP contribution in [0, 0.1) is 17.0 Å². The van der Waals surface area contributed by atoms with E-state index < -0.39 is 35.2 Å². The number of hydrogen-bond donors (Lipinski definition) is 3. The Bertz CT molecular complexity index is 1070. The number of carbonyl (C=O) groups is 3. The number of anilines is 3. The van der Waals surface area contributed by atoms with Gasteiger partial charge in [0.15, 0.2) is 0 Å². The van der Waals surface area contributed by atoms with E-state index in [1.165, 1.54) is 24.3 Å². The second kappa shape index (κ2) is 5.86. The highest BCUT2D eigenvalue weighted by Crippen LogP contribution is 2.53. The van der Waals surface area contributed by atoms with Crippen molar-refractivity contribution in [1.29, 1.82) is 0 Å². The monoisotopic (exact) mass is 393 g/mol. The van der Waals surface area contributed by atoms with Crippen molar-refractivity contribution in [3.8, 4) is 0 Å². The van der Waals surface area contributed by atoms with Crippen molar-refractivity contribution in [1.82, 2.24) is 5.32 Å². The molecule has 0 aliphatic carbocycles. The lowest BCUT2D eigenvalue weighted by Gasteiger charge is -2.29. The van der Waals surface area contributed by atoms with Crippen LogP contribution in [-0.4, -0.2) is 29.0 Å². The van der Waals surface area contributed by atoms with E-state index in [9.17, 15) is 19.6 Å². The maximum atomic E-state index is 13.5. The first-order chi connectivity index (χ1) is 13.9. The van der Waals surface area contributed by atoms with Gasteiger partial charge in [-0.3, -0.25) is 24.9 Å². The molecule has 0 bridgehead atoms. The topological polar surface area (TPSA) is 125 Å². The molecule has 29 heavy (non-hydrogen) atoms. The third kappa shape index (κ3) is 2.17. The number of imide groups is 1. The smallest absolute Gasteiger partial charge is 0.250 e. The fourth-order valence-electron chi connectivity index (χ4n) is 4.93. The van der Waals surface area contributed by atoms with Gasteiger partial charge >= 0.3 is 0 Å². The highest BCUT2D eigenvalue weighted by atomic mass is 16.8. The second-order valence-corrected chi connectivity index (χ2v) is 7.55. The van der Waals surface area contributed by atoms with E-state index in [1.54, 1.807) is 31.2 Å². The van der Waals surface area contributed by atoms with Crippen LogP contribution in [0.5, 0.6) is 0 Å².